The van der Waals surface area contributed by atoms with E-state index in [1.807, 2.05) is 32.0 Å². The summed E-state index contributed by atoms with van der Waals surface area (Å²) < 4.78 is 5.18. The number of anilines is 1. The number of carbonyl (C=O) groups is 3. The van der Waals surface area contributed by atoms with Crippen molar-refractivity contribution in [1.82, 2.24) is 10.2 Å². The van der Waals surface area contributed by atoms with Crippen molar-refractivity contribution in [2.75, 3.05) is 18.5 Å². The maximum absolute atomic E-state index is 12.8. The molecule has 2 N–H and O–H groups in total. The van der Waals surface area contributed by atoms with E-state index in [9.17, 15) is 14.4 Å². The van der Waals surface area contributed by atoms with Crippen molar-refractivity contribution in [1.29, 1.82) is 0 Å². The maximum atomic E-state index is 12.8. The lowest BCUT2D eigenvalue weighted by atomic mass is 9.96. The molecule has 0 unspecified atom stereocenters. The molecule has 0 aromatic heterocycles. The molecule has 0 aliphatic carbocycles. The summed E-state index contributed by atoms with van der Waals surface area (Å²) in [6.07, 6.45) is 0. The van der Waals surface area contributed by atoms with Gasteiger partial charge < -0.3 is 15.4 Å². The summed E-state index contributed by atoms with van der Waals surface area (Å²) in [6.45, 7) is 3.58. The van der Waals surface area contributed by atoms with Crippen LogP contribution in [0.5, 0.6) is 0 Å². The Kier molecular flexibility index (Phi) is 5.22. The van der Waals surface area contributed by atoms with E-state index in [-0.39, 0.29) is 19.1 Å². The van der Waals surface area contributed by atoms with E-state index in [1.165, 1.54) is 4.90 Å². The summed E-state index contributed by atoms with van der Waals surface area (Å²) in [5.41, 5.74) is 4.13. The monoisotopic (exact) mass is 425 g/mol. The number of urea groups is 1. The van der Waals surface area contributed by atoms with E-state index < -0.39 is 18.0 Å². The predicted octanol–water partition coefficient (Wildman–Crippen LogP) is 3.47. The number of amides is 3. The lowest BCUT2D eigenvalue weighted by Crippen LogP contribution is -2.49. The van der Waals surface area contributed by atoms with E-state index in [0.717, 1.165) is 11.1 Å². The van der Waals surface area contributed by atoms with Crippen LogP contribution in [0.4, 0.5) is 10.5 Å². The highest BCUT2D eigenvalue weighted by Gasteiger charge is 2.42. The third-order valence-corrected chi connectivity index (χ3v) is 5.41. The average molecular weight is 426 g/mol. The Morgan fingerprint density at radius 3 is 2.63 bits per heavy atom. The Morgan fingerprint density at radius 2 is 1.93 bits per heavy atom. The molecule has 0 bridgehead atoms. The Balaban J connectivity index is 1.59. The van der Waals surface area contributed by atoms with Crippen molar-refractivity contribution < 1.29 is 19.1 Å². The van der Waals surface area contributed by atoms with Gasteiger partial charge in [-0.25, -0.2) is 9.59 Å². The van der Waals surface area contributed by atoms with Gasteiger partial charge in [-0.05, 0) is 43.2 Å². The quantitative estimate of drug-likeness (QED) is 0.734. The summed E-state index contributed by atoms with van der Waals surface area (Å²) in [7, 11) is 0. The fourth-order valence-electron chi connectivity index (χ4n) is 3.67. The molecular weight excluding hydrogens is 406 g/mol. The second-order valence-corrected chi connectivity index (χ2v) is 7.76. The van der Waals surface area contributed by atoms with Gasteiger partial charge in [0.15, 0.2) is 0 Å². The highest BCUT2D eigenvalue weighted by molar-refractivity contribution is 6.30. The number of halogens is 1. The van der Waals surface area contributed by atoms with Gasteiger partial charge in [-0.1, -0.05) is 41.4 Å². The molecule has 2 aromatic rings. The molecule has 0 saturated carbocycles. The molecular formula is C22H20ClN3O4. The number of aryl methyl sites for hydroxylation is 2. The number of nitrogens with zero attached hydrogens (tertiary/aromatic N) is 1. The van der Waals surface area contributed by atoms with E-state index >= 15 is 0 Å². The van der Waals surface area contributed by atoms with E-state index in [1.54, 1.807) is 24.3 Å². The standard InChI is InChI=1S/C22H20ClN3O4/c1-12-3-8-16(13(2)9-12)24-18(27)10-26-17-11-30-21(28)19(17)20(25-22(26)29)14-4-6-15(23)7-5-14/h3-9,20H,10-11H2,1-2H3,(H,24,27)(H,25,29)/t20-/m1/s1. The van der Waals surface area contributed by atoms with Crippen LogP contribution >= 0.6 is 11.6 Å². The highest BCUT2D eigenvalue weighted by atomic mass is 35.5. The van der Waals surface area contributed by atoms with Crippen LogP contribution in [0, 0.1) is 13.8 Å². The molecule has 30 heavy (non-hydrogen) atoms. The first-order valence-electron chi connectivity index (χ1n) is 9.44. The first-order chi connectivity index (χ1) is 14.3. The van der Waals surface area contributed by atoms with Crippen LogP contribution in [0.15, 0.2) is 53.7 Å². The second kappa shape index (κ2) is 7.84. The first-order valence-corrected chi connectivity index (χ1v) is 9.82. The topological polar surface area (TPSA) is 87.7 Å². The molecule has 0 fully saturated rings. The Morgan fingerprint density at radius 1 is 1.20 bits per heavy atom. The molecule has 0 saturated heterocycles. The summed E-state index contributed by atoms with van der Waals surface area (Å²) in [6, 6.07) is 11.4. The van der Waals surface area contributed by atoms with Gasteiger partial charge in [0.1, 0.15) is 13.2 Å². The summed E-state index contributed by atoms with van der Waals surface area (Å²) in [5.74, 6) is -0.877. The largest absolute Gasteiger partial charge is 0.456 e. The smallest absolute Gasteiger partial charge is 0.338 e. The fraction of sp³-hybridized carbons (Fsp3) is 0.227. The van der Waals surface area contributed by atoms with Crippen LogP contribution in [-0.2, 0) is 14.3 Å². The molecule has 2 aliphatic heterocycles. The molecule has 7 nitrogen and oxygen atoms in total. The molecule has 3 amide bonds. The van der Waals surface area contributed by atoms with Gasteiger partial charge in [-0.3, -0.25) is 9.69 Å². The average Bonchev–Trinajstić information content (AvgIpc) is 3.08. The molecule has 154 valence electrons. The number of cyclic esters (lactones) is 1. The normalized spacial score (nSPS) is 18.1. The SMILES string of the molecule is Cc1ccc(NC(=O)CN2C(=O)N[C@H](c3ccc(Cl)cc3)C3=C2COC3=O)c(C)c1. The van der Waals surface area contributed by atoms with E-state index in [4.69, 9.17) is 16.3 Å². The lowest BCUT2D eigenvalue weighted by molar-refractivity contribution is -0.136. The number of ether oxygens (including phenoxy) is 1. The molecule has 4 rings (SSSR count). The maximum Gasteiger partial charge on any atom is 0.338 e. The third-order valence-electron chi connectivity index (χ3n) is 5.16. The van der Waals surface area contributed by atoms with Gasteiger partial charge in [-0.15, -0.1) is 0 Å². The molecule has 0 spiro atoms. The summed E-state index contributed by atoms with van der Waals surface area (Å²) in [4.78, 5) is 39.1. The van der Waals surface area contributed by atoms with Crippen LogP contribution in [0.1, 0.15) is 22.7 Å². The summed E-state index contributed by atoms with van der Waals surface area (Å²) >= 11 is 5.94. The minimum Gasteiger partial charge on any atom is -0.456 e. The number of rotatable bonds is 4. The van der Waals surface area contributed by atoms with Crippen molar-refractivity contribution >= 4 is 35.2 Å². The Hall–Kier alpha value is -3.32. The van der Waals surface area contributed by atoms with E-state index in [0.29, 0.717) is 27.5 Å². The zero-order valence-corrected chi connectivity index (χ0v) is 17.2. The molecule has 2 heterocycles. The predicted molar refractivity (Wildman–Crippen MR) is 112 cm³/mol. The third kappa shape index (κ3) is 3.76. The van der Waals surface area contributed by atoms with Gasteiger partial charge in [0, 0.05) is 10.7 Å². The van der Waals surface area contributed by atoms with Crippen molar-refractivity contribution in [2.45, 2.75) is 19.9 Å². The van der Waals surface area contributed by atoms with Gasteiger partial charge in [0.05, 0.1) is 17.3 Å². The van der Waals surface area contributed by atoms with Gasteiger partial charge in [0.2, 0.25) is 5.91 Å². The number of hydrogen-bond acceptors (Lipinski definition) is 4. The van der Waals surface area contributed by atoms with Gasteiger partial charge in [0.25, 0.3) is 0 Å². The van der Waals surface area contributed by atoms with Crippen LogP contribution < -0.4 is 10.6 Å². The minimum absolute atomic E-state index is 0.0531. The van der Waals surface area contributed by atoms with Crippen molar-refractivity contribution in [2.24, 2.45) is 0 Å². The van der Waals surface area contributed by atoms with Crippen molar-refractivity contribution in [3.63, 3.8) is 0 Å². The molecule has 1 atom stereocenters. The number of carbonyl (C=O) groups excluding carboxylic acids is 3. The number of hydrogen-bond donors (Lipinski definition) is 2. The highest BCUT2D eigenvalue weighted by Crippen LogP contribution is 2.35. The van der Waals surface area contributed by atoms with E-state index in [2.05, 4.69) is 10.6 Å². The second-order valence-electron chi connectivity index (χ2n) is 7.32. The molecule has 2 aromatic carbocycles. The Bertz CT molecular complexity index is 1080. The van der Waals surface area contributed by atoms with Gasteiger partial charge in [-0.2, -0.15) is 0 Å². The zero-order valence-electron chi connectivity index (χ0n) is 16.5. The first kappa shape index (κ1) is 20.0. The molecule has 2 aliphatic rings. The van der Waals surface area contributed by atoms with Crippen LogP contribution in [0.2, 0.25) is 5.02 Å². The number of esters is 1. The fourth-order valence-corrected chi connectivity index (χ4v) is 3.80. The van der Waals surface area contributed by atoms with Crippen LogP contribution in [0.25, 0.3) is 0 Å². The summed E-state index contributed by atoms with van der Waals surface area (Å²) in [5, 5.41) is 6.17. The van der Waals surface area contributed by atoms with Crippen molar-refractivity contribution in [3.8, 4) is 0 Å². The minimum atomic E-state index is -0.654. The van der Waals surface area contributed by atoms with Crippen LogP contribution in [-0.4, -0.2) is 36.0 Å². The number of nitrogens with one attached hydrogen (secondary N) is 2. The van der Waals surface area contributed by atoms with Gasteiger partial charge >= 0.3 is 12.0 Å². The van der Waals surface area contributed by atoms with Crippen LogP contribution in [0.3, 0.4) is 0 Å². The Labute approximate surface area is 178 Å². The lowest BCUT2D eigenvalue weighted by Gasteiger charge is -2.32. The zero-order chi connectivity index (χ0) is 21.4. The van der Waals surface area contributed by atoms with Crippen molar-refractivity contribution in [3.05, 3.63) is 75.4 Å². The molecule has 0 radical (unpaired) electrons. The molecule has 8 heteroatoms. The number of benzene rings is 2.